The first kappa shape index (κ1) is 27.0. The highest BCUT2D eigenvalue weighted by Crippen LogP contribution is 2.36. The summed E-state index contributed by atoms with van der Waals surface area (Å²) in [5.74, 6) is 0. The van der Waals surface area contributed by atoms with Crippen LogP contribution in [-0.4, -0.2) is 9.97 Å². The molecule has 4 rings (SSSR count). The monoisotopic (exact) mass is 606 g/mol. The van der Waals surface area contributed by atoms with E-state index in [9.17, 15) is 0 Å². The lowest BCUT2D eigenvalue weighted by atomic mass is 9.99. The molecule has 3 aromatic carbocycles. The van der Waals surface area contributed by atoms with E-state index in [0.29, 0.717) is 0 Å². The van der Waals surface area contributed by atoms with Gasteiger partial charge in [0.1, 0.15) is 11.0 Å². The average Bonchev–Trinajstić information content (AvgIpc) is 2.91. The SMILES string of the molecule is CCCCCCc1ccc(-c2nc3c(Br)ccc(Br)c3nc2-c2ccc(CCCCCC)cc2)cc1. The van der Waals surface area contributed by atoms with Gasteiger partial charge in [0.05, 0.1) is 11.4 Å². The van der Waals surface area contributed by atoms with E-state index in [1.807, 2.05) is 12.1 Å². The zero-order chi connectivity index (χ0) is 25.3. The van der Waals surface area contributed by atoms with Gasteiger partial charge in [0.2, 0.25) is 0 Å². The molecule has 0 fully saturated rings. The van der Waals surface area contributed by atoms with E-state index in [4.69, 9.17) is 9.97 Å². The third kappa shape index (κ3) is 6.83. The van der Waals surface area contributed by atoms with Crippen LogP contribution >= 0.6 is 31.9 Å². The van der Waals surface area contributed by atoms with E-state index >= 15 is 0 Å². The van der Waals surface area contributed by atoms with Crippen LogP contribution in [0.1, 0.15) is 76.3 Å². The minimum absolute atomic E-state index is 0.874. The van der Waals surface area contributed by atoms with E-state index in [-0.39, 0.29) is 0 Å². The van der Waals surface area contributed by atoms with Crippen LogP contribution in [0.4, 0.5) is 0 Å². The van der Waals surface area contributed by atoms with Gasteiger partial charge in [-0.25, -0.2) is 9.97 Å². The van der Waals surface area contributed by atoms with E-state index in [1.165, 1.54) is 62.5 Å². The van der Waals surface area contributed by atoms with Crippen molar-refractivity contribution in [3.05, 3.63) is 80.7 Å². The van der Waals surface area contributed by atoms with Gasteiger partial charge in [-0.1, -0.05) is 101 Å². The van der Waals surface area contributed by atoms with Crippen LogP contribution in [0.3, 0.4) is 0 Å². The standard InChI is InChI=1S/C32H36Br2N2/c1-3-5-7-9-11-23-13-17-25(18-14-23)29-30(36-32-28(34)22-21-27(33)31(32)35-29)26-19-15-24(16-20-26)12-10-8-6-4-2/h13-22H,3-12H2,1-2H3. The molecular formula is C32H36Br2N2. The van der Waals surface area contributed by atoms with E-state index in [1.54, 1.807) is 0 Å². The lowest BCUT2D eigenvalue weighted by Gasteiger charge is -2.13. The Labute approximate surface area is 233 Å². The van der Waals surface area contributed by atoms with Crippen molar-refractivity contribution in [2.45, 2.75) is 78.1 Å². The molecule has 0 unspecified atom stereocenters. The maximum atomic E-state index is 5.15. The highest BCUT2D eigenvalue weighted by molar-refractivity contribution is 9.11. The molecule has 4 heteroatoms. The van der Waals surface area contributed by atoms with Crippen molar-refractivity contribution in [3.63, 3.8) is 0 Å². The van der Waals surface area contributed by atoms with Crippen LogP contribution < -0.4 is 0 Å². The fourth-order valence-corrected chi connectivity index (χ4v) is 5.46. The predicted molar refractivity (Wildman–Crippen MR) is 162 cm³/mol. The van der Waals surface area contributed by atoms with Gasteiger partial charge in [0.15, 0.2) is 0 Å². The Bertz CT molecular complexity index is 1160. The molecule has 0 spiro atoms. The second-order valence-electron chi connectivity index (χ2n) is 9.66. The summed E-state index contributed by atoms with van der Waals surface area (Å²) in [4.78, 5) is 10.3. The zero-order valence-corrected chi connectivity index (χ0v) is 24.7. The number of benzene rings is 3. The third-order valence-corrected chi connectivity index (χ3v) is 8.10. The fourth-order valence-electron chi connectivity index (χ4n) is 4.65. The summed E-state index contributed by atoms with van der Waals surface area (Å²) in [6.07, 6.45) is 12.5. The molecule has 0 bridgehead atoms. The van der Waals surface area contributed by atoms with Crippen molar-refractivity contribution in [1.29, 1.82) is 0 Å². The molecule has 36 heavy (non-hydrogen) atoms. The first-order valence-electron chi connectivity index (χ1n) is 13.4. The normalized spacial score (nSPS) is 11.3. The predicted octanol–water partition coefficient (Wildman–Crippen LogP) is 10.7. The number of hydrogen-bond donors (Lipinski definition) is 0. The number of aryl methyl sites for hydroxylation is 2. The van der Waals surface area contributed by atoms with Gasteiger partial charge in [-0.2, -0.15) is 0 Å². The Morgan fingerprint density at radius 2 is 0.889 bits per heavy atom. The third-order valence-electron chi connectivity index (χ3n) is 6.82. The lowest BCUT2D eigenvalue weighted by Crippen LogP contribution is -1.97. The lowest BCUT2D eigenvalue weighted by molar-refractivity contribution is 0.667. The molecule has 1 aromatic heterocycles. The minimum atomic E-state index is 0.874. The summed E-state index contributed by atoms with van der Waals surface area (Å²) >= 11 is 7.39. The van der Waals surface area contributed by atoms with Crippen LogP contribution in [0.5, 0.6) is 0 Å². The summed E-state index contributed by atoms with van der Waals surface area (Å²) in [5, 5.41) is 0. The Kier molecular flexibility index (Phi) is 10.1. The highest BCUT2D eigenvalue weighted by Gasteiger charge is 2.16. The second-order valence-corrected chi connectivity index (χ2v) is 11.4. The number of aromatic nitrogens is 2. The van der Waals surface area contributed by atoms with Gasteiger partial charge >= 0.3 is 0 Å². The quantitative estimate of drug-likeness (QED) is 0.150. The molecule has 0 aliphatic heterocycles. The average molecular weight is 608 g/mol. The Morgan fingerprint density at radius 1 is 0.500 bits per heavy atom. The molecule has 4 aromatic rings. The number of nitrogens with zero attached hydrogens (tertiary/aromatic N) is 2. The first-order chi connectivity index (χ1) is 17.6. The second kappa shape index (κ2) is 13.5. The van der Waals surface area contributed by atoms with Crippen LogP contribution in [0.2, 0.25) is 0 Å². The molecule has 2 nitrogen and oxygen atoms in total. The number of fused-ring (bicyclic) bond motifs is 1. The van der Waals surface area contributed by atoms with Crippen molar-refractivity contribution in [2.24, 2.45) is 0 Å². The Morgan fingerprint density at radius 3 is 1.25 bits per heavy atom. The first-order valence-corrected chi connectivity index (χ1v) is 15.0. The molecule has 188 valence electrons. The smallest absolute Gasteiger partial charge is 0.105 e. The number of halogens is 2. The van der Waals surface area contributed by atoms with Gasteiger partial charge < -0.3 is 0 Å². The van der Waals surface area contributed by atoms with Gasteiger partial charge in [0, 0.05) is 20.1 Å². The molecule has 1 heterocycles. The Balaban J connectivity index is 1.68. The van der Waals surface area contributed by atoms with Crippen LogP contribution in [0, 0.1) is 0 Å². The van der Waals surface area contributed by atoms with Crippen LogP contribution in [0.25, 0.3) is 33.5 Å². The molecule has 0 aliphatic carbocycles. The maximum absolute atomic E-state index is 5.15. The van der Waals surface area contributed by atoms with Gasteiger partial charge in [-0.15, -0.1) is 0 Å². The molecule has 0 saturated heterocycles. The van der Waals surface area contributed by atoms with Gasteiger partial charge in [-0.3, -0.25) is 0 Å². The van der Waals surface area contributed by atoms with Gasteiger partial charge in [0.25, 0.3) is 0 Å². The molecule has 0 amide bonds. The largest absolute Gasteiger partial charge is 0.243 e. The molecule has 0 saturated carbocycles. The summed E-state index contributed by atoms with van der Waals surface area (Å²) in [7, 11) is 0. The number of rotatable bonds is 12. The summed E-state index contributed by atoms with van der Waals surface area (Å²) in [6, 6.07) is 21.9. The van der Waals surface area contributed by atoms with E-state index in [0.717, 1.165) is 55.3 Å². The summed E-state index contributed by atoms with van der Waals surface area (Å²) < 4.78 is 1.91. The van der Waals surface area contributed by atoms with E-state index in [2.05, 4.69) is 94.2 Å². The Hall–Kier alpha value is -2.04. The van der Waals surface area contributed by atoms with Crippen LogP contribution in [0.15, 0.2) is 69.6 Å². The summed E-state index contributed by atoms with van der Waals surface area (Å²) in [6.45, 7) is 4.52. The molecule has 0 aliphatic rings. The van der Waals surface area contributed by atoms with Crippen molar-refractivity contribution < 1.29 is 0 Å². The van der Waals surface area contributed by atoms with Crippen molar-refractivity contribution in [2.75, 3.05) is 0 Å². The number of hydrogen-bond acceptors (Lipinski definition) is 2. The molecular weight excluding hydrogens is 572 g/mol. The van der Waals surface area contributed by atoms with Crippen molar-refractivity contribution in [3.8, 4) is 22.5 Å². The molecule has 0 atom stereocenters. The minimum Gasteiger partial charge on any atom is -0.243 e. The number of unbranched alkanes of at least 4 members (excludes halogenated alkanes) is 6. The summed E-state index contributed by atoms with van der Waals surface area (Å²) in [5.41, 5.74) is 8.59. The van der Waals surface area contributed by atoms with E-state index < -0.39 is 0 Å². The maximum Gasteiger partial charge on any atom is 0.105 e. The van der Waals surface area contributed by atoms with Crippen molar-refractivity contribution >= 4 is 42.9 Å². The van der Waals surface area contributed by atoms with Crippen LogP contribution in [-0.2, 0) is 12.8 Å². The fraction of sp³-hybridized carbons (Fsp3) is 0.375. The molecule has 0 N–H and O–H groups in total. The zero-order valence-electron chi connectivity index (χ0n) is 21.5. The highest BCUT2D eigenvalue weighted by atomic mass is 79.9. The van der Waals surface area contributed by atoms with Gasteiger partial charge in [-0.05, 0) is 80.8 Å². The van der Waals surface area contributed by atoms with Crippen molar-refractivity contribution in [1.82, 2.24) is 9.97 Å². The molecule has 0 radical (unpaired) electrons. The topological polar surface area (TPSA) is 25.8 Å².